The lowest BCUT2D eigenvalue weighted by molar-refractivity contribution is 0.632. The molecule has 0 radical (unpaired) electrons. The zero-order chi connectivity index (χ0) is 12.3. The van der Waals surface area contributed by atoms with E-state index in [1.807, 2.05) is 0 Å². The Kier molecular flexibility index (Phi) is 4.79. The van der Waals surface area contributed by atoms with E-state index in [9.17, 15) is 0 Å². The molecule has 4 heteroatoms. The summed E-state index contributed by atoms with van der Waals surface area (Å²) in [5.41, 5.74) is 2.60. The van der Waals surface area contributed by atoms with Crippen LogP contribution in [0.1, 0.15) is 24.1 Å². The summed E-state index contributed by atoms with van der Waals surface area (Å²) in [4.78, 5) is 0. The van der Waals surface area contributed by atoms with Crippen LogP contribution >= 0.6 is 43.2 Å². The first-order valence-electron chi connectivity index (χ1n) is 5.43. The highest BCUT2D eigenvalue weighted by molar-refractivity contribution is 9.11. The first kappa shape index (κ1) is 13.3. The van der Waals surface area contributed by atoms with Crippen molar-refractivity contribution in [2.45, 2.75) is 13.0 Å². The zero-order valence-corrected chi connectivity index (χ0v) is 13.4. The van der Waals surface area contributed by atoms with E-state index in [1.54, 1.807) is 11.3 Å². The minimum atomic E-state index is 0.274. The number of thiophene rings is 1. The van der Waals surface area contributed by atoms with Gasteiger partial charge < -0.3 is 5.32 Å². The molecule has 0 aliphatic heterocycles. The van der Waals surface area contributed by atoms with E-state index in [2.05, 4.69) is 79.8 Å². The maximum Gasteiger partial charge on any atom is 0.0701 e. The monoisotopic (exact) mass is 373 g/mol. The van der Waals surface area contributed by atoms with Crippen molar-refractivity contribution in [2.75, 3.05) is 6.54 Å². The summed E-state index contributed by atoms with van der Waals surface area (Å²) in [5, 5.41) is 5.71. The van der Waals surface area contributed by atoms with Crippen molar-refractivity contribution < 1.29 is 0 Å². The van der Waals surface area contributed by atoms with Gasteiger partial charge in [-0.25, -0.2) is 0 Å². The minimum Gasteiger partial charge on any atom is -0.307 e. The highest BCUT2D eigenvalue weighted by atomic mass is 79.9. The molecule has 1 aromatic carbocycles. The molecule has 0 amide bonds. The van der Waals surface area contributed by atoms with Crippen molar-refractivity contribution in [2.24, 2.45) is 0 Å². The van der Waals surface area contributed by atoms with Crippen LogP contribution < -0.4 is 5.32 Å². The molecule has 0 bridgehead atoms. The fraction of sp³-hybridized carbons (Fsp3) is 0.231. The smallest absolute Gasteiger partial charge is 0.0701 e. The number of benzene rings is 1. The van der Waals surface area contributed by atoms with E-state index in [-0.39, 0.29) is 6.04 Å². The van der Waals surface area contributed by atoms with Gasteiger partial charge in [-0.2, -0.15) is 0 Å². The van der Waals surface area contributed by atoms with E-state index in [0.29, 0.717) is 0 Å². The predicted octanol–water partition coefficient (Wildman–Crippen LogP) is 4.97. The highest BCUT2D eigenvalue weighted by Crippen LogP contribution is 2.29. The second-order valence-corrected chi connectivity index (χ2v) is 6.93. The Balaban J connectivity index is 2.31. The Hall–Kier alpha value is -0.160. The minimum absolute atomic E-state index is 0.274. The molecule has 1 aromatic heterocycles. The van der Waals surface area contributed by atoms with Crippen LogP contribution in [-0.2, 0) is 0 Å². The Bertz CT molecular complexity index is 478. The molecule has 1 nitrogen and oxygen atoms in total. The molecule has 2 rings (SSSR count). The third kappa shape index (κ3) is 3.41. The van der Waals surface area contributed by atoms with Crippen LogP contribution in [-0.4, -0.2) is 6.54 Å². The van der Waals surface area contributed by atoms with Crippen molar-refractivity contribution >= 4 is 43.2 Å². The lowest BCUT2D eigenvalue weighted by atomic mass is 10.0. The first-order valence-corrected chi connectivity index (χ1v) is 7.90. The summed E-state index contributed by atoms with van der Waals surface area (Å²) in [6.45, 7) is 3.08. The molecule has 1 atom stereocenters. The van der Waals surface area contributed by atoms with E-state index < -0.39 is 0 Å². The fourth-order valence-corrected chi connectivity index (χ4v) is 3.23. The number of halogens is 2. The molecular formula is C13H13Br2NS. The molecule has 0 aliphatic carbocycles. The first-order chi connectivity index (χ1) is 8.20. The molecule has 0 spiro atoms. The Morgan fingerprint density at radius 1 is 1.18 bits per heavy atom. The normalized spacial score (nSPS) is 12.6. The number of hydrogen-bond acceptors (Lipinski definition) is 2. The summed E-state index contributed by atoms with van der Waals surface area (Å²) in [7, 11) is 0. The van der Waals surface area contributed by atoms with Crippen LogP contribution in [0.25, 0.3) is 0 Å². The van der Waals surface area contributed by atoms with E-state index >= 15 is 0 Å². The Morgan fingerprint density at radius 2 is 1.88 bits per heavy atom. The van der Waals surface area contributed by atoms with Gasteiger partial charge in [0.1, 0.15) is 0 Å². The Morgan fingerprint density at radius 3 is 2.41 bits per heavy atom. The van der Waals surface area contributed by atoms with Gasteiger partial charge in [0.2, 0.25) is 0 Å². The van der Waals surface area contributed by atoms with Crippen molar-refractivity contribution in [1.29, 1.82) is 0 Å². The van der Waals surface area contributed by atoms with Crippen molar-refractivity contribution in [3.05, 3.63) is 55.1 Å². The van der Waals surface area contributed by atoms with Crippen LogP contribution in [0.5, 0.6) is 0 Å². The lowest BCUT2D eigenvalue weighted by Crippen LogP contribution is -2.21. The van der Waals surface area contributed by atoms with Gasteiger partial charge in [-0.15, -0.1) is 11.3 Å². The third-order valence-electron chi connectivity index (χ3n) is 2.53. The van der Waals surface area contributed by atoms with E-state index in [1.165, 1.54) is 14.9 Å². The molecule has 0 saturated heterocycles. The van der Waals surface area contributed by atoms with Crippen LogP contribution in [0, 0.1) is 0 Å². The van der Waals surface area contributed by atoms with Gasteiger partial charge in [0.15, 0.2) is 0 Å². The summed E-state index contributed by atoms with van der Waals surface area (Å²) in [5.74, 6) is 0. The summed E-state index contributed by atoms with van der Waals surface area (Å²) in [6, 6.07) is 10.9. The summed E-state index contributed by atoms with van der Waals surface area (Å²) >= 11 is 8.71. The maximum absolute atomic E-state index is 3.52. The molecule has 1 heterocycles. The van der Waals surface area contributed by atoms with Crippen molar-refractivity contribution in [3.8, 4) is 0 Å². The van der Waals surface area contributed by atoms with Gasteiger partial charge in [0.05, 0.1) is 9.83 Å². The van der Waals surface area contributed by atoms with Gasteiger partial charge >= 0.3 is 0 Å². The number of hydrogen-bond donors (Lipinski definition) is 1. The van der Waals surface area contributed by atoms with Crippen LogP contribution in [0.4, 0.5) is 0 Å². The standard InChI is InChI=1S/C13H13Br2NS/c1-2-16-13(10-7-12(15)17-8-10)9-3-5-11(14)6-4-9/h3-8,13,16H,2H2,1H3. The topological polar surface area (TPSA) is 12.0 Å². The molecule has 90 valence electrons. The van der Waals surface area contributed by atoms with Gasteiger partial charge in [-0.05, 0) is 57.2 Å². The average molecular weight is 375 g/mol. The van der Waals surface area contributed by atoms with Crippen LogP contribution in [0.15, 0.2) is 44.0 Å². The SMILES string of the molecule is CCNC(c1ccc(Br)cc1)c1csc(Br)c1. The van der Waals surface area contributed by atoms with Gasteiger partial charge in [0, 0.05) is 4.47 Å². The predicted molar refractivity (Wildman–Crippen MR) is 81.7 cm³/mol. The highest BCUT2D eigenvalue weighted by Gasteiger charge is 2.14. The summed E-state index contributed by atoms with van der Waals surface area (Å²) < 4.78 is 2.29. The molecule has 17 heavy (non-hydrogen) atoms. The van der Waals surface area contributed by atoms with Gasteiger partial charge in [-0.3, -0.25) is 0 Å². The fourth-order valence-electron chi connectivity index (χ4n) is 1.76. The second-order valence-electron chi connectivity index (χ2n) is 3.73. The molecular weight excluding hydrogens is 362 g/mol. The molecule has 0 fully saturated rings. The number of nitrogens with one attached hydrogen (secondary N) is 1. The van der Waals surface area contributed by atoms with Crippen LogP contribution in [0.3, 0.4) is 0 Å². The quantitative estimate of drug-likeness (QED) is 0.796. The number of rotatable bonds is 4. The van der Waals surface area contributed by atoms with E-state index in [4.69, 9.17) is 0 Å². The average Bonchev–Trinajstić information content (AvgIpc) is 2.74. The summed E-state index contributed by atoms with van der Waals surface area (Å²) in [6.07, 6.45) is 0. The van der Waals surface area contributed by atoms with Gasteiger partial charge in [0.25, 0.3) is 0 Å². The molecule has 1 N–H and O–H groups in total. The van der Waals surface area contributed by atoms with Crippen LogP contribution in [0.2, 0.25) is 0 Å². The maximum atomic E-state index is 3.52. The zero-order valence-electron chi connectivity index (χ0n) is 9.41. The van der Waals surface area contributed by atoms with Crippen molar-refractivity contribution in [1.82, 2.24) is 5.32 Å². The molecule has 2 aromatic rings. The molecule has 1 unspecified atom stereocenters. The van der Waals surface area contributed by atoms with Gasteiger partial charge in [-0.1, -0.05) is 35.0 Å². The van der Waals surface area contributed by atoms with Crippen molar-refractivity contribution in [3.63, 3.8) is 0 Å². The third-order valence-corrected chi connectivity index (χ3v) is 4.58. The second kappa shape index (κ2) is 6.14. The lowest BCUT2D eigenvalue weighted by Gasteiger charge is -2.17. The molecule has 0 saturated carbocycles. The largest absolute Gasteiger partial charge is 0.307 e. The van der Waals surface area contributed by atoms with E-state index in [0.717, 1.165) is 11.0 Å². The molecule has 0 aliphatic rings. The Labute approximate surface area is 123 Å².